The first-order valence-corrected chi connectivity index (χ1v) is 14.6. The predicted molar refractivity (Wildman–Crippen MR) is 144 cm³/mol. The second kappa shape index (κ2) is 8.58. The highest BCUT2D eigenvalue weighted by molar-refractivity contribution is 5.93. The Kier molecular flexibility index (Phi) is 6.30. The molecule has 1 N–H and O–H groups in total. The third kappa shape index (κ3) is 3.74. The van der Waals surface area contributed by atoms with Crippen molar-refractivity contribution in [3.63, 3.8) is 0 Å². The van der Waals surface area contributed by atoms with Crippen LogP contribution in [0.1, 0.15) is 94.4 Å². The Morgan fingerprint density at radius 2 is 1.69 bits per heavy atom. The minimum Gasteiger partial charge on any atom is -0.454 e. The van der Waals surface area contributed by atoms with Gasteiger partial charge in [0, 0.05) is 54.8 Å². The smallest absolute Gasteiger partial charge is 0.303 e. The fourth-order valence-corrected chi connectivity index (χ4v) is 9.99. The molecule has 0 aromatic carbocycles. The number of Topliss-reactive ketones (excluding diaryl/α,β-unsaturated/α-hetero) is 3. The van der Waals surface area contributed by atoms with E-state index >= 15 is 0 Å². The summed E-state index contributed by atoms with van der Waals surface area (Å²) in [5.74, 6) is -1.05. The van der Waals surface area contributed by atoms with Crippen molar-refractivity contribution in [3.05, 3.63) is 11.6 Å². The molecule has 4 fully saturated rings. The molecule has 0 radical (unpaired) electrons. The zero-order valence-corrected chi connectivity index (χ0v) is 25.1. The molecular formula is C32H46O7. The van der Waals surface area contributed by atoms with Crippen molar-refractivity contribution in [2.24, 2.45) is 45.3 Å². The average Bonchev–Trinajstić information content (AvgIpc) is 2.92. The van der Waals surface area contributed by atoms with Crippen molar-refractivity contribution in [2.45, 2.75) is 118 Å². The first kappa shape index (κ1) is 28.7. The zero-order valence-electron chi connectivity index (χ0n) is 25.1. The highest BCUT2D eigenvalue weighted by Gasteiger charge is 2.74. The molecular weight excluding hydrogens is 496 g/mol. The number of carbonyl (C=O) groups is 4. The summed E-state index contributed by atoms with van der Waals surface area (Å²) in [7, 11) is 0. The van der Waals surface area contributed by atoms with Crippen LogP contribution in [0, 0.1) is 45.3 Å². The minimum absolute atomic E-state index is 0.0303. The summed E-state index contributed by atoms with van der Waals surface area (Å²) in [5.41, 5.74) is -2.34. The van der Waals surface area contributed by atoms with Crippen LogP contribution in [0.5, 0.6) is 0 Å². The van der Waals surface area contributed by atoms with Gasteiger partial charge in [-0.25, -0.2) is 0 Å². The molecule has 10 atom stereocenters. The van der Waals surface area contributed by atoms with Crippen LogP contribution in [-0.2, 0) is 28.7 Å². The molecule has 3 saturated carbocycles. The molecule has 0 bridgehead atoms. The molecule has 4 aliphatic carbocycles. The van der Waals surface area contributed by atoms with Gasteiger partial charge in [0.05, 0.1) is 17.8 Å². The summed E-state index contributed by atoms with van der Waals surface area (Å²) in [6.07, 6.45) is 2.60. The number of allylic oxidation sites excluding steroid dienone is 1. The number of esters is 1. The van der Waals surface area contributed by atoms with Gasteiger partial charge >= 0.3 is 5.97 Å². The third-order valence-corrected chi connectivity index (χ3v) is 12.3. The van der Waals surface area contributed by atoms with Gasteiger partial charge in [0.15, 0.2) is 11.9 Å². The Labute approximate surface area is 232 Å². The van der Waals surface area contributed by atoms with Gasteiger partial charge in [-0.3, -0.25) is 19.2 Å². The lowest BCUT2D eigenvalue weighted by Crippen LogP contribution is -2.64. The van der Waals surface area contributed by atoms with Gasteiger partial charge in [-0.1, -0.05) is 53.2 Å². The maximum absolute atomic E-state index is 14.5. The standard InChI is InChI=1S/C32H46O7/c1-16-20(34)13-25(29(5,6)37)39-22-14-30(7)23-11-10-18-19(12-21(35)27(28(18,3)4)38-17(2)33)32(23,9)24(36)15-31(30,8)26(16)22/h10,16,19,22-23,25-27,37H,11-15H2,1-9H3/t16-,19-,22-,23+,25+,26+,27-,30+,31-,32+/m1/s1. The van der Waals surface area contributed by atoms with Crippen LogP contribution in [0.15, 0.2) is 11.6 Å². The molecule has 39 heavy (non-hydrogen) atoms. The molecule has 0 aromatic heterocycles. The molecule has 0 aromatic rings. The summed E-state index contributed by atoms with van der Waals surface area (Å²) < 4.78 is 12.1. The Balaban J connectivity index is 1.59. The fourth-order valence-electron chi connectivity index (χ4n) is 9.99. The third-order valence-electron chi connectivity index (χ3n) is 12.3. The van der Waals surface area contributed by atoms with Gasteiger partial charge in [0.1, 0.15) is 11.6 Å². The number of hydrogen-bond acceptors (Lipinski definition) is 7. The second-order valence-electron chi connectivity index (χ2n) is 15.1. The van der Waals surface area contributed by atoms with Crippen LogP contribution in [-0.4, -0.2) is 52.3 Å². The molecule has 216 valence electrons. The lowest BCUT2D eigenvalue weighted by Gasteiger charge is -2.64. The van der Waals surface area contributed by atoms with Crippen molar-refractivity contribution in [2.75, 3.05) is 0 Å². The average molecular weight is 543 g/mol. The van der Waals surface area contributed by atoms with Gasteiger partial charge in [0.25, 0.3) is 0 Å². The normalized spacial score (nSPS) is 47.3. The fraction of sp³-hybridized carbons (Fsp3) is 0.812. The quantitative estimate of drug-likeness (QED) is 0.401. The molecule has 0 spiro atoms. The summed E-state index contributed by atoms with van der Waals surface area (Å²) in [5, 5.41) is 10.8. The van der Waals surface area contributed by atoms with Crippen molar-refractivity contribution in [3.8, 4) is 0 Å². The van der Waals surface area contributed by atoms with Crippen LogP contribution in [0.2, 0.25) is 0 Å². The van der Waals surface area contributed by atoms with Gasteiger partial charge in [0.2, 0.25) is 0 Å². The monoisotopic (exact) mass is 542 g/mol. The van der Waals surface area contributed by atoms with Gasteiger partial charge < -0.3 is 14.6 Å². The second-order valence-corrected chi connectivity index (χ2v) is 15.1. The van der Waals surface area contributed by atoms with E-state index < -0.39 is 40.0 Å². The SMILES string of the molecule is CC(=O)O[C@@H]1C(=O)C[C@@H]2C(=CC[C@@H]3[C@@]2(C)C(=O)C[C@]2(C)[C@H]4[C@H](C)C(=O)C[C@@H](C(C)(C)O)O[C@@H]4C[C@@]32C)C1(C)C. The Morgan fingerprint density at radius 1 is 1.05 bits per heavy atom. The summed E-state index contributed by atoms with van der Waals surface area (Å²) in [4.78, 5) is 53.1. The Morgan fingerprint density at radius 3 is 2.28 bits per heavy atom. The molecule has 7 nitrogen and oxygen atoms in total. The van der Waals surface area contributed by atoms with Crippen molar-refractivity contribution < 1.29 is 33.8 Å². The topological polar surface area (TPSA) is 107 Å². The number of rotatable bonds is 2. The van der Waals surface area contributed by atoms with E-state index in [2.05, 4.69) is 26.8 Å². The largest absolute Gasteiger partial charge is 0.454 e. The molecule has 5 aliphatic rings. The van der Waals surface area contributed by atoms with Crippen molar-refractivity contribution >= 4 is 23.3 Å². The van der Waals surface area contributed by atoms with E-state index in [1.807, 2.05) is 20.8 Å². The van der Waals surface area contributed by atoms with Gasteiger partial charge in [-0.2, -0.15) is 0 Å². The first-order valence-electron chi connectivity index (χ1n) is 14.6. The number of hydrogen-bond donors (Lipinski definition) is 1. The lowest BCUT2D eigenvalue weighted by atomic mass is 9.38. The number of aliphatic hydroxyl groups is 1. The molecule has 0 amide bonds. The molecule has 1 aliphatic heterocycles. The van der Waals surface area contributed by atoms with Crippen LogP contribution in [0.25, 0.3) is 0 Å². The lowest BCUT2D eigenvalue weighted by molar-refractivity contribution is -0.177. The molecule has 7 heteroatoms. The summed E-state index contributed by atoms with van der Waals surface area (Å²) in [6, 6.07) is 0. The highest BCUT2D eigenvalue weighted by atomic mass is 16.5. The minimum atomic E-state index is -1.15. The number of ketones is 3. The summed E-state index contributed by atoms with van der Waals surface area (Å²) >= 11 is 0. The first-order chi connectivity index (χ1) is 17.8. The van der Waals surface area contributed by atoms with E-state index in [9.17, 15) is 24.3 Å². The van der Waals surface area contributed by atoms with Crippen molar-refractivity contribution in [1.82, 2.24) is 0 Å². The molecule has 0 unspecified atom stereocenters. The van der Waals surface area contributed by atoms with E-state index in [0.29, 0.717) is 19.3 Å². The molecule has 1 saturated heterocycles. The van der Waals surface area contributed by atoms with E-state index in [1.165, 1.54) is 6.92 Å². The Hall–Kier alpha value is -1.86. The van der Waals surface area contributed by atoms with Crippen molar-refractivity contribution in [1.29, 1.82) is 0 Å². The highest BCUT2D eigenvalue weighted by Crippen LogP contribution is 2.74. The van der Waals surface area contributed by atoms with Gasteiger partial charge in [-0.05, 0) is 43.4 Å². The Bertz CT molecular complexity index is 1160. The van der Waals surface area contributed by atoms with E-state index in [-0.39, 0.29) is 65.4 Å². The van der Waals surface area contributed by atoms with Gasteiger partial charge in [-0.15, -0.1) is 0 Å². The maximum Gasteiger partial charge on any atom is 0.303 e. The van der Waals surface area contributed by atoms with Crippen LogP contribution in [0.4, 0.5) is 0 Å². The molecule has 1 heterocycles. The maximum atomic E-state index is 14.5. The van der Waals surface area contributed by atoms with E-state index in [0.717, 1.165) is 5.57 Å². The van der Waals surface area contributed by atoms with Crippen LogP contribution in [0.3, 0.4) is 0 Å². The summed E-state index contributed by atoms with van der Waals surface area (Å²) in [6.45, 7) is 17.1. The van der Waals surface area contributed by atoms with E-state index in [1.54, 1.807) is 13.8 Å². The zero-order chi connectivity index (χ0) is 29.1. The van der Waals surface area contributed by atoms with Crippen LogP contribution >= 0.6 is 0 Å². The number of ether oxygens (including phenoxy) is 2. The molecule has 5 rings (SSSR count). The number of fused-ring (bicyclic) bond motifs is 7. The van der Waals surface area contributed by atoms with Crippen LogP contribution < -0.4 is 0 Å². The number of carbonyl (C=O) groups excluding carboxylic acids is 4. The predicted octanol–water partition coefficient (Wildman–Crippen LogP) is 4.62. The van der Waals surface area contributed by atoms with E-state index in [4.69, 9.17) is 9.47 Å².